The molecule has 0 amide bonds. The Morgan fingerprint density at radius 1 is 1.23 bits per heavy atom. The molecule has 0 saturated heterocycles. The van der Waals surface area contributed by atoms with Crippen LogP contribution in [0.1, 0.15) is 75.4 Å². The molecule has 2 aliphatic rings. The summed E-state index contributed by atoms with van der Waals surface area (Å²) in [5.74, 6) is 2.95. The lowest BCUT2D eigenvalue weighted by atomic mass is 9.94. The standard InChI is InChI=1S/C21H34N8.HI/c1-4-22-21(23-13-20-26-25-19-8-6-5-7-11-28(19)20)24-17-10-9-16-14-29(15(2)3)27-18(16)12-17;/h14-15,17H,4-13H2,1-3H3,(H2,22,23,24);1H. The van der Waals surface area contributed by atoms with Gasteiger partial charge in [0.1, 0.15) is 12.4 Å². The number of hydrogen-bond donors (Lipinski definition) is 2. The summed E-state index contributed by atoms with van der Waals surface area (Å²) in [5, 5.41) is 20.6. The van der Waals surface area contributed by atoms with Gasteiger partial charge in [-0.3, -0.25) is 4.68 Å². The monoisotopic (exact) mass is 526 g/mol. The average molecular weight is 526 g/mol. The second kappa shape index (κ2) is 10.6. The van der Waals surface area contributed by atoms with E-state index in [-0.39, 0.29) is 24.0 Å². The molecule has 0 saturated carbocycles. The molecule has 0 fully saturated rings. The van der Waals surface area contributed by atoms with Crippen LogP contribution in [0.3, 0.4) is 0 Å². The van der Waals surface area contributed by atoms with Crippen molar-refractivity contribution in [2.75, 3.05) is 6.54 Å². The molecule has 1 atom stereocenters. The zero-order valence-corrected chi connectivity index (χ0v) is 20.7. The first-order valence-electron chi connectivity index (χ1n) is 11.2. The number of hydrogen-bond acceptors (Lipinski definition) is 4. The highest BCUT2D eigenvalue weighted by Crippen LogP contribution is 2.22. The van der Waals surface area contributed by atoms with Crippen LogP contribution in [0.2, 0.25) is 0 Å². The molecule has 166 valence electrons. The summed E-state index contributed by atoms with van der Waals surface area (Å²) in [6.45, 7) is 8.86. The van der Waals surface area contributed by atoms with Crippen molar-refractivity contribution in [3.05, 3.63) is 29.1 Å². The van der Waals surface area contributed by atoms with Crippen LogP contribution in [0, 0.1) is 0 Å². The third kappa shape index (κ3) is 5.33. The van der Waals surface area contributed by atoms with E-state index in [4.69, 9.17) is 10.1 Å². The van der Waals surface area contributed by atoms with Crippen molar-refractivity contribution in [3.8, 4) is 0 Å². The molecule has 1 unspecified atom stereocenters. The van der Waals surface area contributed by atoms with Crippen LogP contribution in [0.4, 0.5) is 0 Å². The van der Waals surface area contributed by atoms with E-state index < -0.39 is 0 Å². The lowest BCUT2D eigenvalue weighted by Gasteiger charge is -2.24. The highest BCUT2D eigenvalue weighted by atomic mass is 127. The van der Waals surface area contributed by atoms with Gasteiger partial charge in [-0.1, -0.05) is 6.42 Å². The molecule has 2 N–H and O–H groups in total. The van der Waals surface area contributed by atoms with Crippen molar-refractivity contribution in [2.45, 2.75) is 90.9 Å². The number of fused-ring (bicyclic) bond motifs is 2. The smallest absolute Gasteiger partial charge is 0.191 e. The van der Waals surface area contributed by atoms with Crippen molar-refractivity contribution in [1.82, 2.24) is 35.2 Å². The minimum absolute atomic E-state index is 0. The molecule has 0 radical (unpaired) electrons. The first-order valence-corrected chi connectivity index (χ1v) is 11.2. The van der Waals surface area contributed by atoms with Crippen molar-refractivity contribution >= 4 is 29.9 Å². The van der Waals surface area contributed by atoms with Gasteiger partial charge in [-0.15, -0.1) is 34.2 Å². The van der Waals surface area contributed by atoms with Crippen LogP contribution in [-0.4, -0.2) is 43.1 Å². The van der Waals surface area contributed by atoms with Gasteiger partial charge in [-0.25, -0.2) is 4.99 Å². The second-order valence-electron chi connectivity index (χ2n) is 8.45. The fraction of sp³-hybridized carbons (Fsp3) is 0.714. The summed E-state index contributed by atoms with van der Waals surface area (Å²) in [6.07, 6.45) is 10.0. The summed E-state index contributed by atoms with van der Waals surface area (Å²) in [4.78, 5) is 4.82. The molecule has 9 heteroatoms. The third-order valence-corrected chi connectivity index (χ3v) is 5.88. The maximum absolute atomic E-state index is 4.82. The van der Waals surface area contributed by atoms with Crippen LogP contribution < -0.4 is 10.6 Å². The predicted molar refractivity (Wildman–Crippen MR) is 129 cm³/mol. The Balaban J connectivity index is 0.00000256. The summed E-state index contributed by atoms with van der Waals surface area (Å²) in [5.41, 5.74) is 2.62. The fourth-order valence-electron chi connectivity index (χ4n) is 4.23. The molecule has 0 spiro atoms. The average Bonchev–Trinajstić information content (AvgIpc) is 3.23. The van der Waals surface area contributed by atoms with Gasteiger partial charge in [0.05, 0.1) is 5.69 Å². The maximum Gasteiger partial charge on any atom is 0.191 e. The van der Waals surface area contributed by atoms with E-state index in [1.165, 1.54) is 30.5 Å². The van der Waals surface area contributed by atoms with E-state index in [0.29, 0.717) is 18.6 Å². The van der Waals surface area contributed by atoms with Gasteiger partial charge in [-0.2, -0.15) is 5.10 Å². The van der Waals surface area contributed by atoms with Crippen LogP contribution in [0.15, 0.2) is 11.2 Å². The molecule has 2 aromatic rings. The van der Waals surface area contributed by atoms with Crippen LogP contribution in [-0.2, 0) is 32.4 Å². The van der Waals surface area contributed by atoms with Crippen LogP contribution >= 0.6 is 24.0 Å². The number of aliphatic imine (C=N–C) groups is 1. The van der Waals surface area contributed by atoms with Gasteiger partial charge in [0.25, 0.3) is 0 Å². The highest BCUT2D eigenvalue weighted by molar-refractivity contribution is 14.0. The van der Waals surface area contributed by atoms with Gasteiger partial charge in [0, 0.05) is 44.2 Å². The largest absolute Gasteiger partial charge is 0.357 e. The van der Waals surface area contributed by atoms with E-state index in [1.807, 2.05) is 0 Å². The van der Waals surface area contributed by atoms with Crippen molar-refractivity contribution < 1.29 is 0 Å². The second-order valence-corrected chi connectivity index (χ2v) is 8.45. The number of halogens is 1. The summed E-state index contributed by atoms with van der Waals surface area (Å²) in [7, 11) is 0. The van der Waals surface area contributed by atoms with Crippen molar-refractivity contribution in [3.63, 3.8) is 0 Å². The fourth-order valence-corrected chi connectivity index (χ4v) is 4.23. The first kappa shape index (κ1) is 23.0. The van der Waals surface area contributed by atoms with Gasteiger partial charge in [0.2, 0.25) is 0 Å². The molecule has 0 bridgehead atoms. The molecule has 4 rings (SSSR count). The summed E-state index contributed by atoms with van der Waals surface area (Å²) >= 11 is 0. The summed E-state index contributed by atoms with van der Waals surface area (Å²) < 4.78 is 4.36. The van der Waals surface area contributed by atoms with Gasteiger partial charge < -0.3 is 15.2 Å². The number of aryl methyl sites for hydroxylation is 2. The number of rotatable bonds is 5. The van der Waals surface area contributed by atoms with E-state index in [0.717, 1.165) is 56.4 Å². The minimum atomic E-state index is 0. The van der Waals surface area contributed by atoms with E-state index in [1.54, 1.807) is 0 Å². The Bertz CT molecular complexity index is 853. The Morgan fingerprint density at radius 3 is 2.90 bits per heavy atom. The molecule has 30 heavy (non-hydrogen) atoms. The van der Waals surface area contributed by atoms with Crippen LogP contribution in [0.5, 0.6) is 0 Å². The molecule has 3 heterocycles. The Labute approximate surface area is 196 Å². The third-order valence-electron chi connectivity index (χ3n) is 5.88. The van der Waals surface area contributed by atoms with E-state index in [9.17, 15) is 0 Å². The zero-order valence-electron chi connectivity index (χ0n) is 18.4. The Hall–Kier alpha value is -1.65. The molecule has 1 aliphatic carbocycles. The Kier molecular flexibility index (Phi) is 8.13. The number of guanidine groups is 1. The molecular formula is C21H35IN8. The zero-order chi connectivity index (χ0) is 20.2. The molecule has 0 aromatic carbocycles. The quantitative estimate of drug-likeness (QED) is 0.356. The van der Waals surface area contributed by atoms with E-state index in [2.05, 4.69) is 57.0 Å². The maximum atomic E-state index is 4.82. The predicted octanol–water partition coefficient (Wildman–Crippen LogP) is 3.01. The van der Waals surface area contributed by atoms with Crippen molar-refractivity contribution in [1.29, 1.82) is 0 Å². The topological polar surface area (TPSA) is 85.0 Å². The number of aromatic nitrogens is 5. The van der Waals surface area contributed by atoms with Gasteiger partial charge >= 0.3 is 0 Å². The minimum Gasteiger partial charge on any atom is -0.357 e. The first-order chi connectivity index (χ1) is 14.1. The normalized spacial score (nSPS) is 18.9. The van der Waals surface area contributed by atoms with Crippen molar-refractivity contribution in [2.24, 2.45) is 4.99 Å². The summed E-state index contributed by atoms with van der Waals surface area (Å²) in [6, 6.07) is 0.760. The SMILES string of the molecule is CCNC(=NCc1nnc2n1CCCCC2)NC1CCc2cn(C(C)C)nc2C1.I. The molecule has 1 aliphatic heterocycles. The molecular weight excluding hydrogens is 491 g/mol. The van der Waals surface area contributed by atoms with E-state index >= 15 is 0 Å². The lowest BCUT2D eigenvalue weighted by molar-refractivity contribution is 0.499. The Morgan fingerprint density at radius 2 is 2.10 bits per heavy atom. The molecule has 8 nitrogen and oxygen atoms in total. The van der Waals surface area contributed by atoms with Gasteiger partial charge in [-0.05, 0) is 52.0 Å². The molecule has 2 aromatic heterocycles. The highest BCUT2D eigenvalue weighted by Gasteiger charge is 2.23. The number of nitrogens with one attached hydrogen (secondary N) is 2. The number of nitrogens with zero attached hydrogens (tertiary/aromatic N) is 6. The van der Waals surface area contributed by atoms with Crippen LogP contribution in [0.25, 0.3) is 0 Å². The lowest BCUT2D eigenvalue weighted by Crippen LogP contribution is -2.45. The van der Waals surface area contributed by atoms with Gasteiger partial charge in [0.15, 0.2) is 11.8 Å².